The molecule has 6 heteroatoms. The number of amides is 2. The minimum absolute atomic E-state index is 0.0759. The molecular formula is C22H28N4O2. The lowest BCUT2D eigenvalue weighted by atomic mass is 10.0. The Kier molecular flexibility index (Phi) is 5.22. The average Bonchev–Trinajstić information content (AvgIpc) is 2.98. The van der Waals surface area contributed by atoms with Crippen LogP contribution in [0.1, 0.15) is 42.9 Å². The van der Waals surface area contributed by atoms with E-state index in [1.54, 1.807) is 6.20 Å². The Hall–Kier alpha value is -2.60. The Balaban J connectivity index is 1.48. The average molecular weight is 380 g/mol. The van der Waals surface area contributed by atoms with Crippen LogP contribution in [0.2, 0.25) is 0 Å². The first-order chi connectivity index (χ1) is 13.5. The molecule has 0 radical (unpaired) electrons. The Bertz CT molecular complexity index is 854. The van der Waals surface area contributed by atoms with Crippen LogP contribution in [0.25, 0.3) is 0 Å². The number of hydrogen-bond donors (Lipinski definition) is 2. The van der Waals surface area contributed by atoms with Crippen LogP contribution < -0.4 is 10.2 Å². The van der Waals surface area contributed by atoms with Crippen molar-refractivity contribution in [3.05, 3.63) is 59.3 Å². The van der Waals surface area contributed by atoms with E-state index in [9.17, 15) is 9.90 Å². The van der Waals surface area contributed by atoms with Gasteiger partial charge in [0.25, 0.3) is 0 Å². The van der Waals surface area contributed by atoms with Crippen molar-refractivity contribution in [2.75, 3.05) is 18.0 Å². The molecule has 2 aliphatic rings. The van der Waals surface area contributed by atoms with Gasteiger partial charge in [0.05, 0.1) is 18.7 Å². The quantitative estimate of drug-likeness (QED) is 0.859. The minimum Gasteiger partial charge on any atom is -0.391 e. The van der Waals surface area contributed by atoms with E-state index in [1.165, 1.54) is 5.56 Å². The van der Waals surface area contributed by atoms with Gasteiger partial charge in [0.1, 0.15) is 5.82 Å². The fourth-order valence-electron chi connectivity index (χ4n) is 4.17. The molecule has 4 rings (SSSR count). The van der Waals surface area contributed by atoms with Crippen LogP contribution in [0.5, 0.6) is 0 Å². The van der Waals surface area contributed by atoms with Gasteiger partial charge in [0.2, 0.25) is 0 Å². The zero-order chi connectivity index (χ0) is 19.7. The number of rotatable bonds is 3. The van der Waals surface area contributed by atoms with Gasteiger partial charge >= 0.3 is 6.03 Å². The van der Waals surface area contributed by atoms with Gasteiger partial charge in [-0.15, -0.1) is 0 Å². The van der Waals surface area contributed by atoms with Crippen LogP contribution in [0.4, 0.5) is 10.6 Å². The van der Waals surface area contributed by atoms with E-state index in [0.717, 1.165) is 16.9 Å². The number of aromatic nitrogens is 1. The van der Waals surface area contributed by atoms with Crippen molar-refractivity contribution >= 4 is 11.8 Å². The van der Waals surface area contributed by atoms with Gasteiger partial charge in [-0.05, 0) is 29.5 Å². The third kappa shape index (κ3) is 3.83. The smallest absolute Gasteiger partial charge is 0.318 e. The van der Waals surface area contributed by atoms with Crippen molar-refractivity contribution in [3.63, 3.8) is 0 Å². The minimum atomic E-state index is -0.373. The molecule has 2 amide bonds. The lowest BCUT2D eigenvalue weighted by molar-refractivity contribution is 0.178. The van der Waals surface area contributed by atoms with Crippen LogP contribution in [0.15, 0.2) is 42.6 Å². The number of hydrogen-bond acceptors (Lipinski definition) is 4. The Morgan fingerprint density at radius 2 is 2.14 bits per heavy atom. The molecule has 0 bridgehead atoms. The predicted molar refractivity (Wildman–Crippen MR) is 109 cm³/mol. The first kappa shape index (κ1) is 18.7. The maximum Gasteiger partial charge on any atom is 0.318 e. The van der Waals surface area contributed by atoms with E-state index in [-0.39, 0.29) is 18.2 Å². The molecule has 2 aromatic rings. The van der Waals surface area contributed by atoms with Gasteiger partial charge in [-0.2, -0.15) is 0 Å². The molecule has 148 valence electrons. The molecule has 1 saturated heterocycles. The predicted octanol–water partition coefficient (Wildman–Crippen LogP) is 2.87. The Morgan fingerprint density at radius 3 is 2.96 bits per heavy atom. The molecule has 0 spiro atoms. The summed E-state index contributed by atoms with van der Waals surface area (Å²) in [6, 6.07) is 12.3. The lowest BCUT2D eigenvalue weighted by Gasteiger charge is -2.26. The van der Waals surface area contributed by atoms with Crippen molar-refractivity contribution in [3.8, 4) is 0 Å². The second-order valence-electron chi connectivity index (χ2n) is 8.12. The van der Waals surface area contributed by atoms with E-state index in [2.05, 4.69) is 41.2 Å². The van der Waals surface area contributed by atoms with Crippen LogP contribution >= 0.6 is 0 Å². The fraction of sp³-hybridized carbons (Fsp3) is 0.455. The number of aliphatic hydroxyl groups is 1. The number of pyridine rings is 1. The molecule has 1 aromatic carbocycles. The maximum absolute atomic E-state index is 12.9. The number of benzene rings is 1. The molecule has 6 nitrogen and oxygen atoms in total. The second-order valence-corrected chi connectivity index (χ2v) is 8.12. The SMILES string of the molecule is CC(C)c1cccc(CNC(=O)N2Cc3cccnc3N3C[C@H](O)C[C@H]3C2)c1. The van der Waals surface area contributed by atoms with Crippen LogP contribution in [-0.2, 0) is 13.1 Å². The van der Waals surface area contributed by atoms with Gasteiger partial charge in [-0.1, -0.05) is 44.2 Å². The summed E-state index contributed by atoms with van der Waals surface area (Å²) in [7, 11) is 0. The largest absolute Gasteiger partial charge is 0.391 e. The van der Waals surface area contributed by atoms with Crippen molar-refractivity contribution in [1.29, 1.82) is 0 Å². The van der Waals surface area contributed by atoms with E-state index >= 15 is 0 Å². The molecule has 0 unspecified atom stereocenters. The first-order valence-corrected chi connectivity index (χ1v) is 10.0. The zero-order valence-corrected chi connectivity index (χ0v) is 16.5. The number of carbonyl (C=O) groups excluding carboxylic acids is 1. The highest BCUT2D eigenvalue weighted by atomic mass is 16.3. The van der Waals surface area contributed by atoms with E-state index in [1.807, 2.05) is 29.2 Å². The van der Waals surface area contributed by atoms with Crippen molar-refractivity contribution in [2.24, 2.45) is 0 Å². The second kappa shape index (κ2) is 7.80. The number of aliphatic hydroxyl groups excluding tert-OH is 1. The molecule has 1 aromatic heterocycles. The van der Waals surface area contributed by atoms with Crippen LogP contribution in [0.3, 0.4) is 0 Å². The van der Waals surface area contributed by atoms with E-state index < -0.39 is 0 Å². The van der Waals surface area contributed by atoms with Crippen LogP contribution in [0, 0.1) is 0 Å². The highest BCUT2D eigenvalue weighted by molar-refractivity contribution is 5.75. The van der Waals surface area contributed by atoms with Gasteiger partial charge in [-0.25, -0.2) is 9.78 Å². The molecule has 0 aliphatic carbocycles. The number of urea groups is 1. The molecule has 0 saturated carbocycles. The lowest BCUT2D eigenvalue weighted by Crippen LogP contribution is -2.44. The summed E-state index contributed by atoms with van der Waals surface area (Å²) in [6.07, 6.45) is 2.07. The summed E-state index contributed by atoms with van der Waals surface area (Å²) in [6.45, 7) is 6.54. The molecule has 28 heavy (non-hydrogen) atoms. The van der Waals surface area contributed by atoms with E-state index in [4.69, 9.17) is 0 Å². The van der Waals surface area contributed by atoms with E-state index in [0.29, 0.717) is 38.5 Å². The monoisotopic (exact) mass is 380 g/mol. The zero-order valence-electron chi connectivity index (χ0n) is 16.5. The summed E-state index contributed by atoms with van der Waals surface area (Å²) < 4.78 is 0. The van der Waals surface area contributed by atoms with Gasteiger partial charge in [0.15, 0.2) is 0 Å². The number of carbonyl (C=O) groups is 1. The highest BCUT2D eigenvalue weighted by Gasteiger charge is 2.37. The van der Waals surface area contributed by atoms with Crippen molar-refractivity contribution < 1.29 is 9.90 Å². The summed E-state index contributed by atoms with van der Waals surface area (Å²) in [4.78, 5) is 21.5. The third-order valence-corrected chi connectivity index (χ3v) is 5.67. The molecule has 2 N–H and O–H groups in total. The van der Waals surface area contributed by atoms with Crippen molar-refractivity contribution in [2.45, 2.75) is 51.4 Å². The molecule has 2 atom stereocenters. The maximum atomic E-state index is 12.9. The first-order valence-electron chi connectivity index (χ1n) is 10.0. The van der Waals surface area contributed by atoms with Gasteiger partial charge < -0.3 is 20.2 Å². The molecule has 2 aliphatic heterocycles. The van der Waals surface area contributed by atoms with Crippen molar-refractivity contribution in [1.82, 2.24) is 15.2 Å². The fourth-order valence-corrected chi connectivity index (χ4v) is 4.17. The molecule has 3 heterocycles. The normalized spacial score (nSPS) is 21.3. The summed E-state index contributed by atoms with van der Waals surface area (Å²) in [5.74, 6) is 1.36. The number of nitrogens with zero attached hydrogens (tertiary/aromatic N) is 3. The van der Waals surface area contributed by atoms with Gasteiger partial charge in [-0.3, -0.25) is 0 Å². The van der Waals surface area contributed by atoms with Gasteiger partial charge in [0, 0.05) is 31.4 Å². The topological polar surface area (TPSA) is 68.7 Å². The molecular weight excluding hydrogens is 352 g/mol. The summed E-state index contributed by atoms with van der Waals surface area (Å²) in [5, 5.41) is 13.2. The number of anilines is 1. The number of fused-ring (bicyclic) bond motifs is 3. The molecule has 1 fully saturated rings. The summed E-state index contributed by atoms with van der Waals surface area (Å²) in [5.41, 5.74) is 3.41. The Morgan fingerprint density at radius 1 is 1.29 bits per heavy atom. The summed E-state index contributed by atoms with van der Waals surface area (Å²) >= 11 is 0. The number of nitrogens with one attached hydrogen (secondary N) is 1. The third-order valence-electron chi connectivity index (χ3n) is 5.67. The standard InChI is InChI=1S/C22H28N4O2/c1-15(2)17-6-3-5-16(9-17)11-24-22(28)25-12-18-7-4-8-23-21(18)26-14-20(27)10-19(26)13-25/h3-9,15,19-20,27H,10-14H2,1-2H3,(H,24,28)/t19-,20+/m0/s1. The highest BCUT2D eigenvalue weighted by Crippen LogP contribution is 2.31. The Labute approximate surface area is 166 Å². The van der Waals surface area contributed by atoms with Crippen LogP contribution in [-0.4, -0.2) is 46.3 Å².